The van der Waals surface area contributed by atoms with Crippen molar-refractivity contribution in [2.24, 2.45) is 5.41 Å². The van der Waals surface area contributed by atoms with E-state index in [0.717, 1.165) is 0 Å². The smallest absolute Gasteiger partial charge is 0.252 e. The fraction of sp³-hybridized carbons (Fsp3) is 0.900. The van der Waals surface area contributed by atoms with Gasteiger partial charge < -0.3 is 9.64 Å². The zero-order valence-corrected chi connectivity index (χ0v) is 9.51. The number of amides is 1. The molecule has 0 atom stereocenters. The van der Waals surface area contributed by atoms with Gasteiger partial charge in [0, 0.05) is 7.11 Å². The molecule has 1 heterocycles. The third kappa shape index (κ3) is 2.12. The third-order valence-corrected chi connectivity index (χ3v) is 2.93. The normalized spacial score (nSPS) is 20.3. The van der Waals surface area contributed by atoms with Crippen LogP contribution in [-0.4, -0.2) is 43.0 Å². The molecular formula is C10H17F2NO2. The second kappa shape index (κ2) is 3.70. The van der Waals surface area contributed by atoms with Crippen LogP contribution in [0.4, 0.5) is 8.78 Å². The maximum atomic E-state index is 12.6. The molecule has 3 nitrogen and oxygen atoms in total. The fourth-order valence-electron chi connectivity index (χ4n) is 1.53. The van der Waals surface area contributed by atoms with Crippen molar-refractivity contribution in [3.8, 4) is 0 Å². The second-order valence-corrected chi connectivity index (χ2v) is 4.84. The summed E-state index contributed by atoms with van der Waals surface area (Å²) >= 11 is 0. The first-order valence-corrected chi connectivity index (χ1v) is 4.85. The molecule has 0 bridgehead atoms. The number of nitrogens with zero attached hydrogens (tertiary/aromatic N) is 1. The first-order valence-electron chi connectivity index (χ1n) is 4.85. The molecule has 88 valence electrons. The predicted molar refractivity (Wildman–Crippen MR) is 51.8 cm³/mol. The third-order valence-electron chi connectivity index (χ3n) is 2.93. The number of alkyl halides is 2. The Bertz CT molecular complexity index is 260. The van der Waals surface area contributed by atoms with Gasteiger partial charge in [-0.25, -0.2) is 8.78 Å². The Hall–Kier alpha value is -0.710. The largest absolute Gasteiger partial charge is 0.375 e. The van der Waals surface area contributed by atoms with Crippen LogP contribution in [0.25, 0.3) is 0 Å². The van der Waals surface area contributed by atoms with Crippen molar-refractivity contribution in [3.05, 3.63) is 0 Å². The maximum Gasteiger partial charge on any atom is 0.252 e. The summed E-state index contributed by atoms with van der Waals surface area (Å²) in [5.74, 6) is -0.507. The number of halogens is 2. The van der Waals surface area contributed by atoms with Crippen molar-refractivity contribution in [1.29, 1.82) is 0 Å². The number of hydrogen-bond acceptors (Lipinski definition) is 2. The molecule has 0 aliphatic carbocycles. The first kappa shape index (κ1) is 12.4. The molecule has 0 saturated carbocycles. The summed E-state index contributed by atoms with van der Waals surface area (Å²) in [6, 6.07) is 0. The highest BCUT2D eigenvalue weighted by Gasteiger charge is 2.48. The van der Waals surface area contributed by atoms with E-state index >= 15 is 0 Å². The Morgan fingerprint density at radius 2 is 1.93 bits per heavy atom. The van der Waals surface area contributed by atoms with E-state index in [1.54, 1.807) is 7.11 Å². The summed E-state index contributed by atoms with van der Waals surface area (Å²) in [6.07, 6.45) is -2.64. The summed E-state index contributed by atoms with van der Waals surface area (Å²) in [7, 11) is 1.56. The molecule has 0 N–H and O–H groups in total. The zero-order valence-electron chi connectivity index (χ0n) is 9.51. The molecule has 1 saturated heterocycles. The van der Waals surface area contributed by atoms with E-state index in [9.17, 15) is 13.6 Å². The number of hydrogen-bond donors (Lipinski definition) is 0. The van der Waals surface area contributed by atoms with Crippen LogP contribution < -0.4 is 0 Å². The average molecular weight is 221 g/mol. The van der Waals surface area contributed by atoms with E-state index in [-0.39, 0.29) is 5.60 Å². The van der Waals surface area contributed by atoms with E-state index in [0.29, 0.717) is 13.1 Å². The standard InChI is InChI=1S/C10H17F2NO2/c1-9(2,7(11)12)8(14)13-5-10(3,6-13)15-4/h7H,5-6H2,1-4H3. The topological polar surface area (TPSA) is 29.5 Å². The van der Waals surface area contributed by atoms with Gasteiger partial charge >= 0.3 is 0 Å². The van der Waals surface area contributed by atoms with E-state index in [1.807, 2.05) is 6.92 Å². The lowest BCUT2D eigenvalue weighted by Gasteiger charge is -2.49. The number of likely N-dealkylation sites (tertiary alicyclic amines) is 1. The summed E-state index contributed by atoms with van der Waals surface area (Å²) in [5, 5.41) is 0. The first-order chi connectivity index (χ1) is 6.73. The molecule has 0 spiro atoms. The SMILES string of the molecule is COC1(C)CN(C(=O)C(C)(C)C(F)F)C1. The quantitative estimate of drug-likeness (QED) is 0.723. The number of ether oxygens (including phenoxy) is 1. The molecule has 1 amide bonds. The Labute approximate surface area is 88.4 Å². The number of carbonyl (C=O) groups excluding carboxylic acids is 1. The number of rotatable bonds is 3. The van der Waals surface area contributed by atoms with Gasteiger partial charge in [0.25, 0.3) is 6.43 Å². The van der Waals surface area contributed by atoms with Gasteiger partial charge in [0.1, 0.15) is 5.41 Å². The highest BCUT2D eigenvalue weighted by Crippen LogP contribution is 2.32. The van der Waals surface area contributed by atoms with Crippen molar-refractivity contribution in [2.75, 3.05) is 20.2 Å². The molecule has 1 aliphatic rings. The van der Waals surface area contributed by atoms with Gasteiger partial charge in [-0.15, -0.1) is 0 Å². The van der Waals surface area contributed by atoms with Gasteiger partial charge in [0.15, 0.2) is 0 Å². The van der Waals surface area contributed by atoms with Crippen LogP contribution >= 0.6 is 0 Å². The predicted octanol–water partition coefficient (Wildman–Crippen LogP) is 1.52. The molecular weight excluding hydrogens is 204 g/mol. The molecule has 5 heteroatoms. The zero-order chi connectivity index (χ0) is 11.9. The minimum atomic E-state index is -2.64. The Morgan fingerprint density at radius 1 is 1.47 bits per heavy atom. The highest BCUT2D eigenvalue weighted by molar-refractivity contribution is 5.83. The Balaban J connectivity index is 2.59. The van der Waals surface area contributed by atoms with Crippen molar-refractivity contribution >= 4 is 5.91 Å². The number of methoxy groups -OCH3 is 1. The van der Waals surface area contributed by atoms with Crippen LogP contribution in [0.5, 0.6) is 0 Å². The van der Waals surface area contributed by atoms with E-state index < -0.39 is 17.7 Å². The lowest BCUT2D eigenvalue weighted by molar-refractivity contribution is -0.173. The molecule has 1 rings (SSSR count). The molecule has 0 unspecified atom stereocenters. The van der Waals surface area contributed by atoms with Crippen LogP contribution in [-0.2, 0) is 9.53 Å². The Kier molecular flexibility index (Phi) is 3.05. The molecule has 0 aromatic rings. The van der Waals surface area contributed by atoms with Crippen molar-refractivity contribution in [1.82, 2.24) is 4.90 Å². The van der Waals surface area contributed by atoms with Gasteiger partial charge in [-0.2, -0.15) is 0 Å². The average Bonchev–Trinajstić information content (AvgIpc) is 2.11. The number of carbonyl (C=O) groups is 1. The van der Waals surface area contributed by atoms with E-state index in [4.69, 9.17) is 4.74 Å². The van der Waals surface area contributed by atoms with Crippen LogP contribution in [0.15, 0.2) is 0 Å². The van der Waals surface area contributed by atoms with Crippen LogP contribution in [0.3, 0.4) is 0 Å². The van der Waals surface area contributed by atoms with Gasteiger partial charge in [0.2, 0.25) is 5.91 Å². The van der Waals surface area contributed by atoms with Gasteiger partial charge in [-0.05, 0) is 20.8 Å². The minimum absolute atomic E-state index is 0.367. The monoisotopic (exact) mass is 221 g/mol. The minimum Gasteiger partial charge on any atom is -0.375 e. The Morgan fingerprint density at radius 3 is 2.27 bits per heavy atom. The molecule has 0 aromatic heterocycles. The summed E-state index contributed by atoms with van der Waals surface area (Å²) in [6.45, 7) is 5.16. The van der Waals surface area contributed by atoms with Crippen LogP contribution in [0, 0.1) is 5.41 Å². The molecule has 1 fully saturated rings. The van der Waals surface area contributed by atoms with Gasteiger partial charge in [-0.3, -0.25) is 4.79 Å². The maximum absolute atomic E-state index is 12.6. The van der Waals surface area contributed by atoms with Crippen molar-refractivity contribution in [3.63, 3.8) is 0 Å². The highest BCUT2D eigenvalue weighted by atomic mass is 19.3. The van der Waals surface area contributed by atoms with Crippen LogP contribution in [0.1, 0.15) is 20.8 Å². The molecule has 0 radical (unpaired) electrons. The van der Waals surface area contributed by atoms with Crippen LogP contribution in [0.2, 0.25) is 0 Å². The van der Waals surface area contributed by atoms with Gasteiger partial charge in [-0.1, -0.05) is 0 Å². The molecule has 0 aromatic carbocycles. The second-order valence-electron chi connectivity index (χ2n) is 4.84. The van der Waals surface area contributed by atoms with Crippen molar-refractivity contribution < 1.29 is 18.3 Å². The van der Waals surface area contributed by atoms with Gasteiger partial charge in [0.05, 0.1) is 18.7 Å². The molecule has 15 heavy (non-hydrogen) atoms. The summed E-state index contributed by atoms with van der Waals surface area (Å²) in [5.41, 5.74) is -1.97. The lowest BCUT2D eigenvalue weighted by atomic mass is 9.87. The summed E-state index contributed by atoms with van der Waals surface area (Å²) < 4.78 is 30.3. The molecule has 1 aliphatic heterocycles. The van der Waals surface area contributed by atoms with E-state index in [2.05, 4.69) is 0 Å². The lowest BCUT2D eigenvalue weighted by Crippen LogP contribution is -2.65. The fourth-order valence-corrected chi connectivity index (χ4v) is 1.53. The van der Waals surface area contributed by atoms with E-state index in [1.165, 1.54) is 18.7 Å². The van der Waals surface area contributed by atoms with Crippen molar-refractivity contribution in [2.45, 2.75) is 32.8 Å². The summed E-state index contributed by atoms with van der Waals surface area (Å²) in [4.78, 5) is 13.1.